The zero-order chi connectivity index (χ0) is 19.4. The highest BCUT2D eigenvalue weighted by atomic mass is 35.5. The lowest BCUT2D eigenvalue weighted by atomic mass is 10.1. The highest BCUT2D eigenvalue weighted by Crippen LogP contribution is 2.36. The highest BCUT2D eigenvalue weighted by molar-refractivity contribution is 6.32. The van der Waals surface area contributed by atoms with Crippen LogP contribution < -0.4 is 14.8 Å². The Balaban J connectivity index is 1.75. The van der Waals surface area contributed by atoms with Gasteiger partial charge in [-0.3, -0.25) is 4.79 Å². The van der Waals surface area contributed by atoms with Gasteiger partial charge in [0, 0.05) is 5.56 Å². The van der Waals surface area contributed by atoms with E-state index in [1.54, 1.807) is 23.1 Å². The van der Waals surface area contributed by atoms with Gasteiger partial charge in [-0.05, 0) is 36.8 Å². The third-order valence-corrected chi connectivity index (χ3v) is 4.40. The van der Waals surface area contributed by atoms with E-state index in [0.29, 0.717) is 22.1 Å². The Hall–Kier alpha value is -3.06. The number of carbonyl (C=O) groups excluding carboxylic acids is 1. The maximum absolute atomic E-state index is 12.6. The van der Waals surface area contributed by atoms with Gasteiger partial charge in [0.2, 0.25) is 0 Å². The Bertz CT molecular complexity index is 927. The number of carbonyl (C=O) groups is 1. The fourth-order valence-electron chi connectivity index (χ4n) is 2.67. The summed E-state index contributed by atoms with van der Waals surface area (Å²) in [4.78, 5) is 16.5. The van der Waals surface area contributed by atoms with Crippen LogP contribution in [-0.4, -0.2) is 34.9 Å². The SMILES string of the molecule is COc1cc(C(=O)NC(C)c2ccc(-n3cncn3)cc2)cc(Cl)c1OC. The van der Waals surface area contributed by atoms with Gasteiger partial charge in [-0.2, -0.15) is 5.10 Å². The van der Waals surface area contributed by atoms with Crippen LogP contribution in [0, 0.1) is 0 Å². The maximum Gasteiger partial charge on any atom is 0.251 e. The topological polar surface area (TPSA) is 78.3 Å². The monoisotopic (exact) mass is 386 g/mol. The first kappa shape index (κ1) is 18.7. The predicted octanol–water partition coefficient (Wildman–Crippen LogP) is 3.43. The largest absolute Gasteiger partial charge is 0.493 e. The molecule has 1 heterocycles. The number of aromatic nitrogens is 3. The first-order chi connectivity index (χ1) is 13.0. The molecule has 0 aliphatic carbocycles. The molecule has 1 N–H and O–H groups in total. The Morgan fingerprint density at radius 3 is 2.52 bits per heavy atom. The van der Waals surface area contributed by atoms with Crippen molar-refractivity contribution in [2.24, 2.45) is 0 Å². The van der Waals surface area contributed by atoms with Crippen LogP contribution in [0.15, 0.2) is 49.1 Å². The van der Waals surface area contributed by atoms with Crippen LogP contribution in [-0.2, 0) is 0 Å². The smallest absolute Gasteiger partial charge is 0.251 e. The molecule has 1 aromatic heterocycles. The number of halogens is 1. The molecule has 27 heavy (non-hydrogen) atoms. The van der Waals surface area contributed by atoms with Crippen LogP contribution in [0.25, 0.3) is 5.69 Å². The molecule has 3 rings (SSSR count). The van der Waals surface area contributed by atoms with Gasteiger partial charge >= 0.3 is 0 Å². The molecule has 1 atom stereocenters. The Morgan fingerprint density at radius 1 is 1.19 bits per heavy atom. The zero-order valence-corrected chi connectivity index (χ0v) is 15.9. The summed E-state index contributed by atoms with van der Waals surface area (Å²) in [6.07, 6.45) is 3.10. The molecule has 0 bridgehead atoms. The zero-order valence-electron chi connectivity index (χ0n) is 15.1. The summed E-state index contributed by atoms with van der Waals surface area (Å²) in [5.74, 6) is 0.540. The molecule has 7 nitrogen and oxygen atoms in total. The van der Waals surface area contributed by atoms with Gasteiger partial charge in [0.15, 0.2) is 11.5 Å². The predicted molar refractivity (Wildman–Crippen MR) is 102 cm³/mol. The number of amides is 1. The molecule has 1 unspecified atom stereocenters. The summed E-state index contributed by atoms with van der Waals surface area (Å²) in [7, 11) is 2.99. The van der Waals surface area contributed by atoms with Gasteiger partial charge in [0.05, 0.1) is 31.0 Å². The molecule has 1 amide bonds. The average Bonchev–Trinajstić information content (AvgIpc) is 3.22. The van der Waals surface area contributed by atoms with E-state index < -0.39 is 0 Å². The lowest BCUT2D eigenvalue weighted by Crippen LogP contribution is -2.26. The van der Waals surface area contributed by atoms with Crippen LogP contribution in [0.4, 0.5) is 0 Å². The highest BCUT2D eigenvalue weighted by Gasteiger charge is 2.17. The lowest BCUT2D eigenvalue weighted by molar-refractivity contribution is 0.0939. The van der Waals surface area contributed by atoms with Crippen LogP contribution in [0.5, 0.6) is 11.5 Å². The fraction of sp³-hybridized carbons (Fsp3) is 0.211. The van der Waals surface area contributed by atoms with E-state index >= 15 is 0 Å². The standard InChI is InChI=1S/C19H19ClN4O3/c1-12(13-4-6-15(7-5-13)24-11-21-10-22-24)23-19(25)14-8-16(20)18(27-3)17(9-14)26-2/h4-12H,1-3H3,(H,23,25). The molecule has 0 saturated carbocycles. The van der Waals surface area contributed by atoms with Gasteiger partial charge in [0.25, 0.3) is 5.91 Å². The lowest BCUT2D eigenvalue weighted by Gasteiger charge is -2.16. The second-order valence-corrected chi connectivity index (χ2v) is 6.23. The molecule has 0 aliphatic rings. The van der Waals surface area contributed by atoms with Crippen molar-refractivity contribution in [1.29, 1.82) is 0 Å². The van der Waals surface area contributed by atoms with Crippen LogP contribution in [0.1, 0.15) is 28.9 Å². The van der Waals surface area contributed by atoms with Crippen molar-refractivity contribution in [1.82, 2.24) is 20.1 Å². The summed E-state index contributed by atoms with van der Waals surface area (Å²) >= 11 is 6.18. The summed E-state index contributed by atoms with van der Waals surface area (Å²) in [5, 5.41) is 7.35. The minimum Gasteiger partial charge on any atom is -0.493 e. The average molecular weight is 387 g/mol. The van der Waals surface area contributed by atoms with E-state index in [1.165, 1.54) is 20.5 Å². The second-order valence-electron chi connectivity index (χ2n) is 5.82. The van der Waals surface area contributed by atoms with Crippen molar-refractivity contribution in [3.05, 3.63) is 65.2 Å². The Labute approximate surface area is 161 Å². The molecule has 3 aromatic rings. The van der Waals surface area contributed by atoms with Crippen molar-refractivity contribution in [2.75, 3.05) is 14.2 Å². The van der Waals surface area contributed by atoms with Gasteiger partial charge in [-0.25, -0.2) is 9.67 Å². The quantitative estimate of drug-likeness (QED) is 0.702. The van der Waals surface area contributed by atoms with Crippen LogP contribution in [0.2, 0.25) is 5.02 Å². The van der Waals surface area contributed by atoms with Crippen molar-refractivity contribution in [3.8, 4) is 17.2 Å². The van der Waals surface area contributed by atoms with E-state index in [0.717, 1.165) is 11.3 Å². The number of nitrogens with one attached hydrogen (secondary N) is 1. The van der Waals surface area contributed by atoms with Crippen molar-refractivity contribution in [2.45, 2.75) is 13.0 Å². The van der Waals surface area contributed by atoms with Gasteiger partial charge in [-0.15, -0.1) is 0 Å². The molecule has 0 spiro atoms. The van der Waals surface area contributed by atoms with Crippen LogP contribution >= 0.6 is 11.6 Å². The summed E-state index contributed by atoms with van der Waals surface area (Å²) in [5.41, 5.74) is 2.24. The molecule has 0 saturated heterocycles. The molecule has 8 heteroatoms. The van der Waals surface area contributed by atoms with E-state index in [-0.39, 0.29) is 11.9 Å². The fourth-order valence-corrected chi connectivity index (χ4v) is 2.96. The normalized spacial score (nSPS) is 11.7. The maximum atomic E-state index is 12.6. The number of nitrogens with zero attached hydrogens (tertiary/aromatic N) is 3. The number of hydrogen-bond acceptors (Lipinski definition) is 5. The van der Waals surface area contributed by atoms with Crippen molar-refractivity contribution >= 4 is 17.5 Å². The summed E-state index contributed by atoms with van der Waals surface area (Å²) < 4.78 is 12.1. The Kier molecular flexibility index (Phi) is 5.61. The third kappa shape index (κ3) is 4.03. The summed E-state index contributed by atoms with van der Waals surface area (Å²) in [6, 6.07) is 10.7. The second kappa shape index (κ2) is 8.09. The minimum absolute atomic E-state index is 0.200. The molecule has 0 aliphatic heterocycles. The van der Waals surface area contributed by atoms with E-state index in [2.05, 4.69) is 15.4 Å². The molecule has 0 radical (unpaired) electrons. The third-order valence-electron chi connectivity index (χ3n) is 4.12. The number of ether oxygens (including phenoxy) is 2. The molecular weight excluding hydrogens is 368 g/mol. The Morgan fingerprint density at radius 2 is 1.93 bits per heavy atom. The number of methoxy groups -OCH3 is 2. The van der Waals surface area contributed by atoms with E-state index in [9.17, 15) is 4.79 Å². The molecule has 140 valence electrons. The van der Waals surface area contributed by atoms with Crippen molar-refractivity contribution in [3.63, 3.8) is 0 Å². The number of hydrogen-bond donors (Lipinski definition) is 1. The van der Waals surface area contributed by atoms with Crippen molar-refractivity contribution < 1.29 is 14.3 Å². The van der Waals surface area contributed by atoms with E-state index in [1.807, 2.05) is 31.2 Å². The van der Waals surface area contributed by atoms with E-state index in [4.69, 9.17) is 21.1 Å². The summed E-state index contributed by atoms with van der Waals surface area (Å²) in [6.45, 7) is 1.91. The molecule has 0 fully saturated rings. The molecule has 2 aromatic carbocycles. The number of rotatable bonds is 6. The first-order valence-electron chi connectivity index (χ1n) is 8.21. The minimum atomic E-state index is -0.259. The molecular formula is C19H19ClN4O3. The van der Waals surface area contributed by atoms with Gasteiger partial charge in [0.1, 0.15) is 12.7 Å². The van der Waals surface area contributed by atoms with Crippen LogP contribution in [0.3, 0.4) is 0 Å². The van der Waals surface area contributed by atoms with Gasteiger partial charge < -0.3 is 14.8 Å². The number of benzene rings is 2. The first-order valence-corrected chi connectivity index (χ1v) is 8.58. The van der Waals surface area contributed by atoms with Gasteiger partial charge in [-0.1, -0.05) is 23.7 Å².